The molecule has 0 bridgehead atoms. The molecule has 0 aromatic heterocycles. The predicted octanol–water partition coefficient (Wildman–Crippen LogP) is 2.46. The number of hydrogen-bond donors (Lipinski definition) is 3. The van der Waals surface area contributed by atoms with Crippen LogP contribution in [0.2, 0.25) is 0 Å². The fourth-order valence-electron chi connectivity index (χ4n) is 2.57. The Kier molecular flexibility index (Phi) is 5.23. The number of aliphatic hydroxyl groups is 1. The fraction of sp³-hybridized carbons (Fsp3) is 0.588. The van der Waals surface area contributed by atoms with E-state index in [1.807, 2.05) is 24.3 Å². The Labute approximate surface area is 126 Å². The van der Waals surface area contributed by atoms with Crippen molar-refractivity contribution in [3.05, 3.63) is 35.4 Å². The highest BCUT2D eigenvalue weighted by Gasteiger charge is 2.45. The van der Waals surface area contributed by atoms with Crippen molar-refractivity contribution in [2.75, 3.05) is 13.1 Å². The summed E-state index contributed by atoms with van der Waals surface area (Å²) in [5.41, 5.74) is 2.42. The average Bonchev–Trinajstić information content (AvgIpc) is 3.27. The van der Waals surface area contributed by atoms with Gasteiger partial charge in [-0.25, -0.2) is 4.79 Å². The molecule has 0 spiro atoms. The van der Waals surface area contributed by atoms with E-state index in [1.54, 1.807) is 0 Å². The third-order valence-corrected chi connectivity index (χ3v) is 4.62. The van der Waals surface area contributed by atoms with Crippen molar-refractivity contribution < 1.29 is 9.90 Å². The predicted molar refractivity (Wildman–Crippen MR) is 84.0 cm³/mol. The standard InChI is InChI=1S/C17H26N2O2/c1-13(2)17(8-9-17)12-19-16(21)18-10-7-14-3-5-15(11-20)6-4-14/h3-6,13,20H,7-12H2,1-2H3,(H2,18,19,21). The van der Waals surface area contributed by atoms with Gasteiger partial charge in [0.1, 0.15) is 0 Å². The summed E-state index contributed by atoms with van der Waals surface area (Å²) in [4.78, 5) is 11.8. The molecule has 1 aliphatic rings. The molecule has 0 radical (unpaired) electrons. The lowest BCUT2D eigenvalue weighted by Gasteiger charge is -2.20. The van der Waals surface area contributed by atoms with E-state index < -0.39 is 0 Å². The Morgan fingerprint density at radius 2 is 1.81 bits per heavy atom. The maximum absolute atomic E-state index is 11.8. The summed E-state index contributed by atoms with van der Waals surface area (Å²) in [5, 5.41) is 14.9. The van der Waals surface area contributed by atoms with Crippen LogP contribution < -0.4 is 10.6 Å². The number of aliphatic hydroxyl groups excluding tert-OH is 1. The van der Waals surface area contributed by atoms with Gasteiger partial charge in [0, 0.05) is 13.1 Å². The molecule has 1 aliphatic carbocycles. The largest absolute Gasteiger partial charge is 0.392 e. The molecule has 0 unspecified atom stereocenters. The van der Waals surface area contributed by atoms with Gasteiger partial charge >= 0.3 is 6.03 Å². The second kappa shape index (κ2) is 6.94. The molecule has 1 fully saturated rings. The second-order valence-electron chi connectivity index (χ2n) is 6.35. The first-order chi connectivity index (χ1) is 10.1. The summed E-state index contributed by atoms with van der Waals surface area (Å²) in [5.74, 6) is 0.628. The normalized spacial score (nSPS) is 15.8. The minimum Gasteiger partial charge on any atom is -0.392 e. The Morgan fingerprint density at radius 3 is 2.33 bits per heavy atom. The van der Waals surface area contributed by atoms with E-state index in [-0.39, 0.29) is 12.6 Å². The van der Waals surface area contributed by atoms with E-state index in [0.29, 0.717) is 17.9 Å². The molecule has 116 valence electrons. The summed E-state index contributed by atoms with van der Waals surface area (Å²) in [6.45, 7) is 5.92. The zero-order valence-electron chi connectivity index (χ0n) is 13.0. The van der Waals surface area contributed by atoms with E-state index in [1.165, 1.54) is 12.8 Å². The lowest BCUT2D eigenvalue weighted by Crippen LogP contribution is -2.40. The molecule has 0 atom stereocenters. The van der Waals surface area contributed by atoms with Crippen molar-refractivity contribution in [3.8, 4) is 0 Å². The smallest absolute Gasteiger partial charge is 0.314 e. The van der Waals surface area contributed by atoms with Gasteiger partial charge in [0.05, 0.1) is 6.61 Å². The maximum Gasteiger partial charge on any atom is 0.314 e. The molecular weight excluding hydrogens is 264 g/mol. The SMILES string of the molecule is CC(C)C1(CNC(=O)NCCc2ccc(CO)cc2)CC1. The molecule has 21 heavy (non-hydrogen) atoms. The summed E-state index contributed by atoms with van der Waals surface area (Å²) < 4.78 is 0. The maximum atomic E-state index is 11.8. The molecule has 0 heterocycles. The van der Waals surface area contributed by atoms with Crippen molar-refractivity contribution in [1.29, 1.82) is 0 Å². The van der Waals surface area contributed by atoms with Crippen LogP contribution in [0.3, 0.4) is 0 Å². The monoisotopic (exact) mass is 290 g/mol. The molecule has 0 aliphatic heterocycles. The van der Waals surface area contributed by atoms with E-state index in [9.17, 15) is 4.79 Å². The van der Waals surface area contributed by atoms with Crippen LogP contribution in [0, 0.1) is 11.3 Å². The van der Waals surface area contributed by atoms with Gasteiger partial charge in [-0.2, -0.15) is 0 Å². The third-order valence-electron chi connectivity index (χ3n) is 4.62. The number of benzene rings is 1. The Hall–Kier alpha value is -1.55. The van der Waals surface area contributed by atoms with Crippen molar-refractivity contribution in [1.82, 2.24) is 10.6 Å². The van der Waals surface area contributed by atoms with Gasteiger partial charge in [-0.1, -0.05) is 38.1 Å². The van der Waals surface area contributed by atoms with Gasteiger partial charge in [0.25, 0.3) is 0 Å². The van der Waals surface area contributed by atoms with Gasteiger partial charge < -0.3 is 15.7 Å². The topological polar surface area (TPSA) is 61.4 Å². The Balaban J connectivity index is 1.65. The number of urea groups is 1. The van der Waals surface area contributed by atoms with Crippen molar-refractivity contribution >= 4 is 6.03 Å². The molecule has 0 saturated heterocycles. The first kappa shape index (κ1) is 15.8. The van der Waals surface area contributed by atoms with Gasteiger partial charge in [-0.05, 0) is 41.7 Å². The average molecular weight is 290 g/mol. The molecule has 1 aromatic carbocycles. The van der Waals surface area contributed by atoms with Crippen LogP contribution in [-0.2, 0) is 13.0 Å². The fourth-order valence-corrected chi connectivity index (χ4v) is 2.57. The van der Waals surface area contributed by atoms with Crippen molar-refractivity contribution in [2.24, 2.45) is 11.3 Å². The summed E-state index contributed by atoms with van der Waals surface area (Å²) >= 11 is 0. The zero-order valence-corrected chi connectivity index (χ0v) is 13.0. The number of hydrogen-bond acceptors (Lipinski definition) is 2. The van der Waals surface area contributed by atoms with Crippen LogP contribution in [0.25, 0.3) is 0 Å². The summed E-state index contributed by atoms with van der Waals surface area (Å²) in [6, 6.07) is 7.73. The van der Waals surface area contributed by atoms with Crippen LogP contribution in [0.1, 0.15) is 37.8 Å². The quantitative estimate of drug-likeness (QED) is 0.722. The van der Waals surface area contributed by atoms with E-state index in [2.05, 4.69) is 24.5 Å². The molecule has 2 amide bonds. The number of nitrogens with one attached hydrogen (secondary N) is 2. The summed E-state index contributed by atoms with van der Waals surface area (Å²) in [6.07, 6.45) is 3.25. The lowest BCUT2D eigenvalue weighted by molar-refractivity contribution is 0.235. The highest BCUT2D eigenvalue weighted by molar-refractivity contribution is 5.73. The number of carbonyl (C=O) groups excluding carboxylic acids is 1. The Morgan fingerprint density at radius 1 is 1.19 bits per heavy atom. The van der Waals surface area contributed by atoms with E-state index in [4.69, 9.17) is 5.11 Å². The molecular formula is C17H26N2O2. The minimum atomic E-state index is -0.0751. The molecule has 4 nitrogen and oxygen atoms in total. The number of rotatable bonds is 7. The van der Waals surface area contributed by atoms with Crippen molar-refractivity contribution in [3.63, 3.8) is 0 Å². The van der Waals surface area contributed by atoms with Gasteiger partial charge in [-0.15, -0.1) is 0 Å². The van der Waals surface area contributed by atoms with Crippen LogP contribution in [0.5, 0.6) is 0 Å². The molecule has 1 saturated carbocycles. The van der Waals surface area contributed by atoms with Crippen LogP contribution >= 0.6 is 0 Å². The highest BCUT2D eigenvalue weighted by Crippen LogP contribution is 2.51. The van der Waals surface area contributed by atoms with Gasteiger partial charge in [0.2, 0.25) is 0 Å². The molecule has 1 aromatic rings. The molecule has 2 rings (SSSR count). The van der Waals surface area contributed by atoms with Gasteiger partial charge in [-0.3, -0.25) is 0 Å². The second-order valence-corrected chi connectivity index (χ2v) is 6.35. The molecule has 3 N–H and O–H groups in total. The molecule has 4 heteroatoms. The Bertz CT molecular complexity index is 464. The van der Waals surface area contributed by atoms with Crippen molar-refractivity contribution in [2.45, 2.75) is 39.7 Å². The zero-order chi connectivity index (χ0) is 15.3. The third kappa shape index (κ3) is 4.46. The van der Waals surface area contributed by atoms with Crippen LogP contribution in [0.4, 0.5) is 4.79 Å². The first-order valence-electron chi connectivity index (χ1n) is 7.76. The minimum absolute atomic E-state index is 0.0680. The van der Waals surface area contributed by atoms with E-state index in [0.717, 1.165) is 24.1 Å². The highest BCUT2D eigenvalue weighted by atomic mass is 16.3. The number of amides is 2. The van der Waals surface area contributed by atoms with Gasteiger partial charge in [0.15, 0.2) is 0 Å². The number of carbonyl (C=O) groups is 1. The summed E-state index contributed by atoms with van der Waals surface area (Å²) in [7, 11) is 0. The van der Waals surface area contributed by atoms with Crippen LogP contribution in [0.15, 0.2) is 24.3 Å². The van der Waals surface area contributed by atoms with Crippen LogP contribution in [-0.4, -0.2) is 24.2 Å². The first-order valence-corrected chi connectivity index (χ1v) is 7.76. The van der Waals surface area contributed by atoms with E-state index >= 15 is 0 Å². The lowest BCUT2D eigenvalue weighted by atomic mass is 9.92.